The third-order valence-electron chi connectivity index (χ3n) is 3.37. The van der Waals surface area contributed by atoms with Gasteiger partial charge in [-0.2, -0.15) is 0 Å². The number of hydrogen-bond donors (Lipinski definition) is 1. The standard InChI is InChI=1S/C16H13N3O7/c1-10-5-4-8-13(19(24)25)15(10)17-14(20)9-26-16(21)11-6-2-3-7-12(11)18(22)23/h2-8H,9H2,1H3,(H,17,20). The number of nitro benzene ring substituents is 2. The molecule has 0 aliphatic rings. The SMILES string of the molecule is Cc1cccc([N+](=O)[O-])c1NC(=O)COC(=O)c1ccccc1[N+](=O)[O-]. The summed E-state index contributed by atoms with van der Waals surface area (Å²) in [6.45, 7) is 0.818. The summed E-state index contributed by atoms with van der Waals surface area (Å²) >= 11 is 0. The molecule has 0 aromatic heterocycles. The number of benzene rings is 2. The fourth-order valence-corrected chi connectivity index (χ4v) is 2.16. The highest BCUT2D eigenvalue weighted by atomic mass is 16.6. The van der Waals surface area contributed by atoms with Crippen LogP contribution < -0.4 is 5.32 Å². The molecule has 1 N–H and O–H groups in total. The van der Waals surface area contributed by atoms with Gasteiger partial charge in [0.1, 0.15) is 11.3 Å². The average Bonchev–Trinajstić information content (AvgIpc) is 2.61. The van der Waals surface area contributed by atoms with Crippen molar-refractivity contribution in [1.29, 1.82) is 0 Å². The Morgan fingerprint density at radius 1 is 1.00 bits per heavy atom. The first kappa shape index (κ1) is 18.5. The molecule has 134 valence electrons. The van der Waals surface area contributed by atoms with E-state index in [0.29, 0.717) is 5.56 Å². The van der Waals surface area contributed by atoms with E-state index in [1.807, 2.05) is 0 Å². The van der Waals surface area contributed by atoms with E-state index in [-0.39, 0.29) is 16.9 Å². The average molecular weight is 359 g/mol. The van der Waals surface area contributed by atoms with Crippen LogP contribution in [0, 0.1) is 27.2 Å². The Balaban J connectivity index is 2.08. The molecule has 0 aliphatic heterocycles. The van der Waals surface area contributed by atoms with Gasteiger partial charge in [-0.3, -0.25) is 25.0 Å². The van der Waals surface area contributed by atoms with Gasteiger partial charge in [0, 0.05) is 12.1 Å². The minimum absolute atomic E-state index is 0.00996. The lowest BCUT2D eigenvalue weighted by atomic mass is 10.1. The van der Waals surface area contributed by atoms with Gasteiger partial charge in [0.2, 0.25) is 0 Å². The molecule has 0 heterocycles. The minimum Gasteiger partial charge on any atom is -0.452 e. The minimum atomic E-state index is -1.05. The van der Waals surface area contributed by atoms with E-state index in [0.717, 1.165) is 6.07 Å². The second-order valence-corrected chi connectivity index (χ2v) is 5.12. The number of anilines is 1. The Labute approximate surface area is 146 Å². The lowest BCUT2D eigenvalue weighted by Crippen LogP contribution is -2.22. The van der Waals surface area contributed by atoms with E-state index in [9.17, 15) is 29.8 Å². The number of carbonyl (C=O) groups is 2. The smallest absolute Gasteiger partial charge is 0.345 e. The lowest BCUT2D eigenvalue weighted by molar-refractivity contribution is -0.385. The van der Waals surface area contributed by atoms with Crippen molar-refractivity contribution in [1.82, 2.24) is 0 Å². The van der Waals surface area contributed by atoms with E-state index in [1.54, 1.807) is 13.0 Å². The molecule has 0 aliphatic carbocycles. The van der Waals surface area contributed by atoms with Crippen LogP contribution in [0.2, 0.25) is 0 Å². The highest BCUT2D eigenvalue weighted by Gasteiger charge is 2.22. The van der Waals surface area contributed by atoms with E-state index in [2.05, 4.69) is 5.32 Å². The van der Waals surface area contributed by atoms with Crippen molar-refractivity contribution in [3.63, 3.8) is 0 Å². The van der Waals surface area contributed by atoms with Gasteiger partial charge >= 0.3 is 5.97 Å². The van der Waals surface area contributed by atoms with Gasteiger partial charge in [0.25, 0.3) is 17.3 Å². The molecule has 0 bridgehead atoms. The third-order valence-corrected chi connectivity index (χ3v) is 3.37. The van der Waals surface area contributed by atoms with Crippen molar-refractivity contribution in [2.24, 2.45) is 0 Å². The fourth-order valence-electron chi connectivity index (χ4n) is 2.16. The quantitative estimate of drug-likeness (QED) is 0.474. The van der Waals surface area contributed by atoms with E-state index in [1.165, 1.54) is 30.3 Å². The number of carbonyl (C=O) groups excluding carboxylic acids is 2. The second-order valence-electron chi connectivity index (χ2n) is 5.12. The molecule has 0 atom stereocenters. The molecule has 2 aromatic rings. The first-order valence-corrected chi connectivity index (χ1v) is 7.25. The van der Waals surface area contributed by atoms with Gasteiger partial charge in [-0.05, 0) is 18.6 Å². The van der Waals surface area contributed by atoms with Crippen molar-refractivity contribution >= 4 is 28.9 Å². The highest BCUT2D eigenvalue weighted by Crippen LogP contribution is 2.27. The van der Waals surface area contributed by atoms with Gasteiger partial charge in [0.05, 0.1) is 9.85 Å². The van der Waals surface area contributed by atoms with Gasteiger partial charge in [-0.25, -0.2) is 4.79 Å². The van der Waals surface area contributed by atoms with Crippen LogP contribution >= 0.6 is 0 Å². The maximum Gasteiger partial charge on any atom is 0.345 e. The van der Waals surface area contributed by atoms with Crippen LogP contribution in [0.4, 0.5) is 17.1 Å². The summed E-state index contributed by atoms with van der Waals surface area (Å²) in [7, 11) is 0. The zero-order valence-electron chi connectivity index (χ0n) is 13.5. The molecule has 2 aromatic carbocycles. The second kappa shape index (κ2) is 7.83. The number of rotatable bonds is 6. The van der Waals surface area contributed by atoms with Crippen LogP contribution in [0.5, 0.6) is 0 Å². The number of esters is 1. The molecule has 2 rings (SSSR count). The summed E-state index contributed by atoms with van der Waals surface area (Å²) in [6, 6.07) is 9.40. The van der Waals surface area contributed by atoms with E-state index in [4.69, 9.17) is 4.74 Å². The maximum atomic E-state index is 12.0. The first-order valence-electron chi connectivity index (χ1n) is 7.25. The largest absolute Gasteiger partial charge is 0.452 e. The van der Waals surface area contributed by atoms with Crippen molar-refractivity contribution < 1.29 is 24.2 Å². The number of ether oxygens (including phenoxy) is 1. The normalized spacial score (nSPS) is 10.0. The number of hydrogen-bond acceptors (Lipinski definition) is 7. The number of para-hydroxylation sites is 2. The topological polar surface area (TPSA) is 142 Å². The summed E-state index contributed by atoms with van der Waals surface area (Å²) in [5, 5.41) is 24.2. The van der Waals surface area contributed by atoms with Crippen LogP contribution in [0.1, 0.15) is 15.9 Å². The molecular weight excluding hydrogens is 346 g/mol. The lowest BCUT2D eigenvalue weighted by Gasteiger charge is -2.09. The maximum absolute atomic E-state index is 12.0. The Kier molecular flexibility index (Phi) is 5.58. The molecule has 0 unspecified atom stereocenters. The molecule has 26 heavy (non-hydrogen) atoms. The van der Waals surface area contributed by atoms with Crippen molar-refractivity contribution in [2.75, 3.05) is 11.9 Å². The zero-order chi connectivity index (χ0) is 19.3. The Hall–Kier alpha value is -3.82. The van der Waals surface area contributed by atoms with E-state index < -0.39 is 34.0 Å². The Bertz CT molecular complexity index is 895. The Morgan fingerprint density at radius 3 is 2.27 bits per heavy atom. The monoisotopic (exact) mass is 359 g/mol. The fraction of sp³-hybridized carbons (Fsp3) is 0.125. The van der Waals surface area contributed by atoms with Crippen molar-refractivity contribution in [3.8, 4) is 0 Å². The summed E-state index contributed by atoms with van der Waals surface area (Å²) in [4.78, 5) is 44.4. The molecule has 1 amide bonds. The summed E-state index contributed by atoms with van der Waals surface area (Å²) in [5.41, 5.74) is -0.607. The summed E-state index contributed by atoms with van der Waals surface area (Å²) in [5.74, 6) is -1.86. The number of nitrogens with zero attached hydrogens (tertiary/aromatic N) is 2. The summed E-state index contributed by atoms with van der Waals surface area (Å²) < 4.78 is 4.77. The van der Waals surface area contributed by atoms with Gasteiger partial charge < -0.3 is 10.1 Å². The van der Waals surface area contributed by atoms with Crippen LogP contribution in [0.25, 0.3) is 0 Å². The molecule has 10 nitrogen and oxygen atoms in total. The third kappa shape index (κ3) is 4.17. The van der Waals surface area contributed by atoms with E-state index >= 15 is 0 Å². The van der Waals surface area contributed by atoms with Gasteiger partial charge in [-0.1, -0.05) is 24.3 Å². The van der Waals surface area contributed by atoms with Crippen LogP contribution in [0.3, 0.4) is 0 Å². The molecule has 10 heteroatoms. The number of nitro groups is 2. The molecule has 0 saturated heterocycles. The molecule has 0 saturated carbocycles. The number of amides is 1. The van der Waals surface area contributed by atoms with Gasteiger partial charge in [-0.15, -0.1) is 0 Å². The molecule has 0 fully saturated rings. The predicted octanol–water partition coefficient (Wildman–Crippen LogP) is 2.61. The number of nitrogens with one attached hydrogen (secondary N) is 1. The highest BCUT2D eigenvalue weighted by molar-refractivity contribution is 5.98. The van der Waals surface area contributed by atoms with Crippen molar-refractivity contribution in [3.05, 3.63) is 73.8 Å². The Morgan fingerprint density at radius 2 is 1.62 bits per heavy atom. The first-order chi connectivity index (χ1) is 12.3. The van der Waals surface area contributed by atoms with Crippen LogP contribution in [-0.2, 0) is 9.53 Å². The van der Waals surface area contributed by atoms with Crippen molar-refractivity contribution in [2.45, 2.75) is 6.92 Å². The molecule has 0 radical (unpaired) electrons. The zero-order valence-corrected chi connectivity index (χ0v) is 13.5. The molecule has 0 spiro atoms. The van der Waals surface area contributed by atoms with Gasteiger partial charge in [0.15, 0.2) is 6.61 Å². The predicted molar refractivity (Wildman–Crippen MR) is 89.8 cm³/mol. The number of aryl methyl sites for hydroxylation is 1. The van der Waals surface area contributed by atoms with Crippen LogP contribution in [-0.4, -0.2) is 28.3 Å². The van der Waals surface area contributed by atoms with Crippen LogP contribution in [0.15, 0.2) is 42.5 Å². The summed E-state index contributed by atoms with van der Waals surface area (Å²) in [6.07, 6.45) is 0. The molecular formula is C16H13N3O7.